The van der Waals surface area contributed by atoms with Crippen molar-refractivity contribution in [3.63, 3.8) is 0 Å². The zero-order valence-corrected chi connectivity index (χ0v) is 17.3. The van der Waals surface area contributed by atoms with Gasteiger partial charge in [-0.05, 0) is 77.2 Å². The predicted octanol–water partition coefficient (Wildman–Crippen LogP) is 5.60. The van der Waals surface area contributed by atoms with E-state index in [0.29, 0.717) is 5.11 Å². The van der Waals surface area contributed by atoms with Crippen molar-refractivity contribution in [1.29, 1.82) is 0 Å². The van der Waals surface area contributed by atoms with E-state index in [1.54, 1.807) is 6.20 Å². The molecule has 1 heterocycles. The Morgan fingerprint density at radius 3 is 2.60 bits per heavy atom. The smallest absolute Gasteiger partial charge is 0.171 e. The molecule has 1 aliphatic rings. The molecule has 1 aliphatic carbocycles. The molecule has 0 atom stereocenters. The quantitative estimate of drug-likeness (QED) is 0.609. The lowest BCUT2D eigenvalue weighted by atomic mass is 9.79. The molecule has 0 radical (unpaired) electrons. The van der Waals surface area contributed by atoms with E-state index in [4.69, 9.17) is 23.8 Å². The van der Waals surface area contributed by atoms with Crippen molar-refractivity contribution in [2.24, 2.45) is 0 Å². The van der Waals surface area contributed by atoms with E-state index in [1.165, 1.54) is 31.2 Å². The van der Waals surface area contributed by atoms with Crippen LogP contribution in [0.1, 0.15) is 36.8 Å². The van der Waals surface area contributed by atoms with Crippen LogP contribution in [-0.2, 0) is 5.41 Å². The van der Waals surface area contributed by atoms with Crippen LogP contribution in [0.5, 0.6) is 0 Å². The summed E-state index contributed by atoms with van der Waals surface area (Å²) < 4.78 is 0.960. The fraction of sp³-hybridized carbons (Fsp3) is 0.368. The molecule has 1 saturated carbocycles. The van der Waals surface area contributed by atoms with Crippen LogP contribution in [0.25, 0.3) is 0 Å². The number of aryl methyl sites for hydroxylation is 1. The van der Waals surface area contributed by atoms with Crippen molar-refractivity contribution < 1.29 is 0 Å². The zero-order valence-electron chi connectivity index (χ0n) is 14.1. The second-order valence-electron chi connectivity index (χ2n) is 6.62. The molecule has 25 heavy (non-hydrogen) atoms. The summed E-state index contributed by atoms with van der Waals surface area (Å²) in [4.78, 5) is 4.38. The topological polar surface area (TPSA) is 37.0 Å². The number of pyridine rings is 1. The summed E-state index contributed by atoms with van der Waals surface area (Å²) in [5.41, 5.74) is 2.51. The Bertz CT molecular complexity index is 758. The maximum absolute atomic E-state index is 6.05. The summed E-state index contributed by atoms with van der Waals surface area (Å²) in [6.07, 6.45) is 6.60. The lowest BCUT2D eigenvalue weighted by molar-refractivity contribution is 0.435. The lowest BCUT2D eigenvalue weighted by Gasteiger charge is -2.30. The SMILES string of the molecule is Cc1cc(Br)cnc1NC(=S)NCC1(c2ccc(Cl)cc2)CCCC1. The van der Waals surface area contributed by atoms with Crippen molar-refractivity contribution in [2.75, 3.05) is 11.9 Å². The van der Waals surface area contributed by atoms with E-state index in [1.807, 2.05) is 25.1 Å². The number of thiocarbonyl (C=S) groups is 1. The van der Waals surface area contributed by atoms with Gasteiger partial charge in [0.05, 0.1) is 0 Å². The van der Waals surface area contributed by atoms with Crippen molar-refractivity contribution in [2.45, 2.75) is 38.0 Å². The highest BCUT2D eigenvalue weighted by Gasteiger charge is 2.35. The normalized spacial score (nSPS) is 15.8. The number of anilines is 1. The number of halogens is 2. The number of hydrogen-bond acceptors (Lipinski definition) is 2. The number of nitrogens with one attached hydrogen (secondary N) is 2. The van der Waals surface area contributed by atoms with Gasteiger partial charge in [-0.25, -0.2) is 4.98 Å². The third-order valence-corrected chi connectivity index (χ3v) is 5.81. The van der Waals surface area contributed by atoms with E-state index in [0.717, 1.165) is 27.4 Å². The third-order valence-electron chi connectivity index (χ3n) is 4.88. The van der Waals surface area contributed by atoms with Crippen molar-refractivity contribution >= 4 is 50.7 Å². The second-order valence-corrected chi connectivity index (χ2v) is 8.38. The Kier molecular flexibility index (Phi) is 5.97. The number of benzene rings is 1. The summed E-state index contributed by atoms with van der Waals surface area (Å²) >= 11 is 15.0. The van der Waals surface area contributed by atoms with Crippen LogP contribution in [-0.4, -0.2) is 16.6 Å². The fourth-order valence-electron chi connectivity index (χ4n) is 3.50. The summed E-state index contributed by atoms with van der Waals surface area (Å²) in [6.45, 7) is 2.82. The maximum Gasteiger partial charge on any atom is 0.171 e. The van der Waals surface area contributed by atoms with Crippen LogP contribution >= 0.6 is 39.7 Å². The molecule has 2 N–H and O–H groups in total. The van der Waals surface area contributed by atoms with Gasteiger partial charge in [-0.3, -0.25) is 0 Å². The molecule has 0 amide bonds. The van der Waals surface area contributed by atoms with Gasteiger partial charge in [0.2, 0.25) is 0 Å². The highest BCUT2D eigenvalue weighted by molar-refractivity contribution is 9.10. The van der Waals surface area contributed by atoms with Gasteiger partial charge < -0.3 is 10.6 Å². The van der Waals surface area contributed by atoms with E-state index in [9.17, 15) is 0 Å². The monoisotopic (exact) mass is 437 g/mol. The summed E-state index contributed by atoms with van der Waals surface area (Å²) in [5, 5.41) is 8.00. The minimum atomic E-state index is 0.124. The zero-order chi connectivity index (χ0) is 17.9. The second kappa shape index (κ2) is 8.02. The molecule has 2 aromatic rings. The summed E-state index contributed by atoms with van der Waals surface area (Å²) in [6, 6.07) is 10.3. The molecule has 1 aromatic heterocycles. The largest absolute Gasteiger partial charge is 0.362 e. The van der Waals surface area contributed by atoms with Gasteiger partial charge in [-0.15, -0.1) is 0 Å². The van der Waals surface area contributed by atoms with Gasteiger partial charge in [-0.1, -0.05) is 36.6 Å². The predicted molar refractivity (Wildman–Crippen MR) is 112 cm³/mol. The molecular weight excluding hydrogens is 418 g/mol. The minimum Gasteiger partial charge on any atom is -0.362 e. The first-order chi connectivity index (χ1) is 12.0. The molecule has 0 spiro atoms. The van der Waals surface area contributed by atoms with E-state index in [2.05, 4.69) is 43.7 Å². The number of nitrogens with zero attached hydrogens (tertiary/aromatic N) is 1. The Hall–Kier alpha value is -1.17. The molecule has 3 nitrogen and oxygen atoms in total. The van der Waals surface area contributed by atoms with E-state index < -0.39 is 0 Å². The molecule has 1 fully saturated rings. The van der Waals surface area contributed by atoms with E-state index >= 15 is 0 Å². The summed E-state index contributed by atoms with van der Waals surface area (Å²) in [5.74, 6) is 0.785. The third kappa shape index (κ3) is 4.52. The highest BCUT2D eigenvalue weighted by atomic mass is 79.9. The first kappa shape index (κ1) is 18.6. The van der Waals surface area contributed by atoms with Crippen LogP contribution < -0.4 is 10.6 Å². The molecule has 0 unspecified atom stereocenters. The van der Waals surface area contributed by atoms with Crippen LogP contribution in [0, 0.1) is 6.92 Å². The summed E-state index contributed by atoms with van der Waals surface area (Å²) in [7, 11) is 0. The molecule has 1 aromatic carbocycles. The number of hydrogen-bond donors (Lipinski definition) is 2. The first-order valence-electron chi connectivity index (χ1n) is 8.42. The lowest BCUT2D eigenvalue weighted by Crippen LogP contribution is -2.41. The van der Waals surface area contributed by atoms with Gasteiger partial charge in [0, 0.05) is 27.7 Å². The van der Waals surface area contributed by atoms with E-state index in [-0.39, 0.29) is 5.41 Å². The number of rotatable bonds is 4. The minimum absolute atomic E-state index is 0.124. The fourth-order valence-corrected chi connectivity index (χ4v) is 4.24. The molecule has 3 rings (SSSR count). The van der Waals surface area contributed by atoms with Crippen LogP contribution in [0.15, 0.2) is 41.0 Å². The van der Waals surface area contributed by atoms with Crippen LogP contribution in [0.2, 0.25) is 5.02 Å². The average molecular weight is 439 g/mol. The van der Waals surface area contributed by atoms with Gasteiger partial charge >= 0.3 is 0 Å². The Morgan fingerprint density at radius 1 is 1.28 bits per heavy atom. The average Bonchev–Trinajstić information content (AvgIpc) is 3.06. The molecular formula is C19H21BrClN3S. The molecule has 6 heteroatoms. The molecule has 0 aliphatic heterocycles. The maximum atomic E-state index is 6.05. The van der Waals surface area contributed by atoms with Crippen LogP contribution in [0.4, 0.5) is 5.82 Å². The Morgan fingerprint density at radius 2 is 1.96 bits per heavy atom. The van der Waals surface area contributed by atoms with Gasteiger partial charge in [0.1, 0.15) is 5.82 Å². The standard InChI is InChI=1S/C19H21BrClN3S/c1-13-10-15(20)11-22-17(13)24-18(25)23-12-19(8-2-3-9-19)14-4-6-16(21)7-5-14/h4-7,10-11H,2-3,8-9,12H2,1H3,(H2,22,23,24,25). The van der Waals surface area contributed by atoms with Crippen LogP contribution in [0.3, 0.4) is 0 Å². The van der Waals surface area contributed by atoms with Crippen molar-refractivity contribution in [3.05, 3.63) is 57.2 Å². The number of aromatic nitrogens is 1. The first-order valence-corrected chi connectivity index (χ1v) is 9.99. The highest BCUT2D eigenvalue weighted by Crippen LogP contribution is 2.41. The van der Waals surface area contributed by atoms with Gasteiger partial charge in [-0.2, -0.15) is 0 Å². The van der Waals surface area contributed by atoms with Crippen molar-refractivity contribution in [3.8, 4) is 0 Å². The molecule has 0 saturated heterocycles. The Labute approximate surface area is 167 Å². The van der Waals surface area contributed by atoms with Gasteiger partial charge in [0.25, 0.3) is 0 Å². The Balaban J connectivity index is 1.67. The van der Waals surface area contributed by atoms with Gasteiger partial charge in [0.15, 0.2) is 5.11 Å². The van der Waals surface area contributed by atoms with Crippen molar-refractivity contribution in [1.82, 2.24) is 10.3 Å². The molecule has 0 bridgehead atoms. The molecule has 132 valence electrons.